The molecule has 1 aliphatic rings. The van der Waals surface area contributed by atoms with E-state index in [4.69, 9.17) is 26.9 Å². The van der Waals surface area contributed by atoms with E-state index in [-0.39, 0.29) is 12.3 Å². The molecule has 0 spiro atoms. The van der Waals surface area contributed by atoms with Crippen LogP contribution in [0.3, 0.4) is 0 Å². The molecule has 0 fully saturated rings. The maximum absolute atomic E-state index is 13.1. The number of halogens is 1. The molecule has 2 heterocycles. The van der Waals surface area contributed by atoms with Gasteiger partial charge < -0.3 is 10.1 Å². The zero-order chi connectivity index (χ0) is 25.9. The Hall–Kier alpha value is -4.66. The van der Waals surface area contributed by atoms with Crippen molar-refractivity contribution >= 4 is 34.6 Å². The number of amides is 1. The third kappa shape index (κ3) is 4.88. The number of azide groups is 1. The van der Waals surface area contributed by atoms with Crippen LogP contribution >= 0.6 is 11.6 Å². The van der Waals surface area contributed by atoms with Crippen molar-refractivity contribution in [3.63, 3.8) is 0 Å². The van der Waals surface area contributed by atoms with Crippen LogP contribution in [0.5, 0.6) is 5.75 Å². The monoisotopic (exact) mass is 512 g/mol. The average Bonchev–Trinajstić information content (AvgIpc) is 3.23. The Labute approximate surface area is 217 Å². The molecule has 1 aromatic heterocycles. The van der Waals surface area contributed by atoms with Gasteiger partial charge in [0.2, 0.25) is 5.91 Å². The first kappa shape index (κ1) is 24.1. The van der Waals surface area contributed by atoms with Crippen LogP contribution in [-0.2, 0) is 4.79 Å². The molecule has 1 atom stereocenters. The fourth-order valence-corrected chi connectivity index (χ4v) is 4.35. The van der Waals surface area contributed by atoms with Gasteiger partial charge in [0, 0.05) is 32.4 Å². The number of carbonyl (C=O) groups is 1. The van der Waals surface area contributed by atoms with Gasteiger partial charge in [-0.15, -0.1) is 10.2 Å². The topological polar surface area (TPSA) is 130 Å². The van der Waals surface area contributed by atoms with Gasteiger partial charge in [-0.1, -0.05) is 41.0 Å². The summed E-state index contributed by atoms with van der Waals surface area (Å²) in [5.41, 5.74) is 12.8. The Balaban J connectivity index is 1.57. The molecule has 1 aliphatic heterocycles. The van der Waals surface area contributed by atoms with Gasteiger partial charge in [0.25, 0.3) is 0 Å². The summed E-state index contributed by atoms with van der Waals surface area (Å²) in [5, 5.41) is 15.7. The van der Waals surface area contributed by atoms with Gasteiger partial charge in [-0.2, -0.15) is 0 Å². The van der Waals surface area contributed by atoms with E-state index in [0.717, 1.165) is 16.8 Å². The Morgan fingerprint density at radius 1 is 1.14 bits per heavy atom. The Kier molecular flexibility index (Phi) is 6.59. The van der Waals surface area contributed by atoms with E-state index in [9.17, 15) is 4.79 Å². The number of ether oxygens (including phenoxy) is 1. The van der Waals surface area contributed by atoms with E-state index < -0.39 is 6.04 Å². The van der Waals surface area contributed by atoms with Crippen molar-refractivity contribution in [2.45, 2.75) is 19.4 Å². The zero-order valence-corrected chi connectivity index (χ0v) is 20.7. The van der Waals surface area contributed by atoms with Crippen molar-refractivity contribution in [1.82, 2.24) is 14.8 Å². The summed E-state index contributed by atoms with van der Waals surface area (Å²) in [5.74, 6) is 1.65. The molecule has 4 aromatic rings. The van der Waals surface area contributed by atoms with Gasteiger partial charge in [-0.3, -0.25) is 14.4 Å². The zero-order valence-electron chi connectivity index (χ0n) is 20.0. The summed E-state index contributed by atoms with van der Waals surface area (Å²) < 4.78 is 7.42. The Bertz CT molecular complexity index is 1550. The van der Waals surface area contributed by atoms with Gasteiger partial charge >= 0.3 is 0 Å². The number of hydrogen-bond acceptors (Lipinski definition) is 6. The molecule has 0 radical (unpaired) electrons. The smallest absolute Gasteiger partial charge is 0.227 e. The van der Waals surface area contributed by atoms with Crippen LogP contribution in [0, 0.1) is 6.92 Å². The van der Waals surface area contributed by atoms with E-state index in [0.29, 0.717) is 39.5 Å². The highest BCUT2D eigenvalue weighted by Crippen LogP contribution is 2.34. The van der Waals surface area contributed by atoms with Crippen molar-refractivity contribution < 1.29 is 9.53 Å². The molecule has 0 saturated heterocycles. The third-order valence-corrected chi connectivity index (χ3v) is 6.19. The van der Waals surface area contributed by atoms with Crippen LogP contribution in [0.25, 0.3) is 16.1 Å². The standard InChI is InChI=1S/C26H21ClN8O2/c1-15-31-33-26-22(14-24(36)29-18-7-9-19(10-8-18)32-34-28)30-25(16-3-5-17(27)6-4-16)21-13-20(37-2)11-12-23(21)35(15)26/h3-13,22H,14H2,1-2H3,(H,29,36)/t22-/m0/s1. The maximum Gasteiger partial charge on any atom is 0.227 e. The summed E-state index contributed by atoms with van der Waals surface area (Å²) in [6.07, 6.45) is 0.0262. The number of aliphatic imine (C=N–C) groups is 1. The van der Waals surface area contributed by atoms with E-state index in [1.807, 2.05) is 41.8 Å². The second kappa shape index (κ2) is 10.1. The number of rotatable bonds is 6. The molecule has 0 unspecified atom stereocenters. The lowest BCUT2D eigenvalue weighted by Crippen LogP contribution is -2.17. The van der Waals surface area contributed by atoms with E-state index in [1.165, 1.54) is 0 Å². The fourth-order valence-electron chi connectivity index (χ4n) is 4.23. The minimum atomic E-state index is -0.618. The largest absolute Gasteiger partial charge is 0.497 e. The predicted molar refractivity (Wildman–Crippen MR) is 141 cm³/mol. The second-order valence-corrected chi connectivity index (χ2v) is 8.75. The lowest BCUT2D eigenvalue weighted by atomic mass is 10.00. The van der Waals surface area contributed by atoms with Gasteiger partial charge in [0.05, 0.1) is 24.9 Å². The molecule has 0 bridgehead atoms. The number of fused-ring (bicyclic) bond motifs is 3. The van der Waals surface area contributed by atoms with Gasteiger partial charge in [0.15, 0.2) is 5.82 Å². The number of aromatic nitrogens is 3. The highest BCUT2D eigenvalue weighted by atomic mass is 35.5. The molecule has 10 nitrogen and oxygen atoms in total. The minimum absolute atomic E-state index is 0.0262. The van der Waals surface area contributed by atoms with E-state index >= 15 is 0 Å². The summed E-state index contributed by atoms with van der Waals surface area (Å²) >= 11 is 6.15. The van der Waals surface area contributed by atoms with Crippen LogP contribution in [0.2, 0.25) is 5.02 Å². The van der Waals surface area contributed by atoms with Crippen molar-refractivity contribution in [1.29, 1.82) is 0 Å². The molecule has 11 heteroatoms. The molecular formula is C26H21ClN8O2. The number of aryl methyl sites for hydroxylation is 1. The molecule has 0 aliphatic carbocycles. The van der Waals surface area contributed by atoms with Gasteiger partial charge in [-0.25, -0.2) is 0 Å². The van der Waals surface area contributed by atoms with Crippen LogP contribution < -0.4 is 10.1 Å². The van der Waals surface area contributed by atoms with Crippen molar-refractivity contribution in [3.8, 4) is 11.4 Å². The number of nitrogens with zero attached hydrogens (tertiary/aromatic N) is 7. The summed E-state index contributed by atoms with van der Waals surface area (Å²) in [4.78, 5) is 20.9. The molecule has 184 valence electrons. The molecule has 1 N–H and O–H groups in total. The van der Waals surface area contributed by atoms with Crippen LogP contribution in [-0.4, -0.2) is 33.5 Å². The van der Waals surface area contributed by atoms with Gasteiger partial charge in [0.1, 0.15) is 17.6 Å². The highest BCUT2D eigenvalue weighted by Gasteiger charge is 2.30. The summed E-state index contributed by atoms with van der Waals surface area (Å²) in [6.45, 7) is 1.86. The van der Waals surface area contributed by atoms with Crippen LogP contribution in [0.15, 0.2) is 76.8 Å². The maximum atomic E-state index is 13.1. The number of hydrogen-bond donors (Lipinski definition) is 1. The first-order chi connectivity index (χ1) is 18.0. The normalized spacial score (nSPS) is 13.9. The Morgan fingerprint density at radius 2 is 1.89 bits per heavy atom. The lowest BCUT2D eigenvalue weighted by molar-refractivity contribution is -0.116. The van der Waals surface area contributed by atoms with Crippen LogP contribution in [0.1, 0.15) is 35.2 Å². The van der Waals surface area contributed by atoms with Crippen molar-refractivity contribution in [2.24, 2.45) is 10.1 Å². The number of nitrogens with one attached hydrogen (secondary N) is 1. The van der Waals surface area contributed by atoms with Crippen LogP contribution in [0.4, 0.5) is 11.4 Å². The third-order valence-electron chi connectivity index (χ3n) is 5.94. The Morgan fingerprint density at radius 3 is 2.59 bits per heavy atom. The molecular weight excluding hydrogens is 492 g/mol. The van der Waals surface area contributed by atoms with Gasteiger partial charge in [-0.05, 0) is 54.9 Å². The average molecular weight is 513 g/mol. The summed E-state index contributed by atoms with van der Waals surface area (Å²) in [7, 11) is 1.61. The number of benzene rings is 3. The molecule has 0 saturated carbocycles. The SMILES string of the molecule is COc1ccc2c(c1)C(c1ccc(Cl)cc1)=N[C@@H](CC(=O)Nc1ccc(N=[N+]=[N-])cc1)c1nnc(C)n1-2. The summed E-state index contributed by atoms with van der Waals surface area (Å²) in [6, 6.07) is 19.1. The molecule has 3 aromatic carbocycles. The second-order valence-electron chi connectivity index (χ2n) is 8.31. The van der Waals surface area contributed by atoms with E-state index in [2.05, 4.69) is 25.5 Å². The highest BCUT2D eigenvalue weighted by molar-refractivity contribution is 6.30. The minimum Gasteiger partial charge on any atom is -0.497 e. The first-order valence-corrected chi connectivity index (χ1v) is 11.7. The fraction of sp³-hybridized carbons (Fsp3) is 0.154. The number of anilines is 1. The molecule has 37 heavy (non-hydrogen) atoms. The number of carbonyl (C=O) groups excluding carboxylic acids is 1. The van der Waals surface area contributed by atoms with E-state index in [1.54, 1.807) is 43.5 Å². The number of methoxy groups -OCH3 is 1. The molecule has 1 amide bonds. The first-order valence-electron chi connectivity index (χ1n) is 11.4. The molecule has 5 rings (SSSR count). The van der Waals surface area contributed by atoms with Crippen molar-refractivity contribution in [2.75, 3.05) is 12.4 Å². The van der Waals surface area contributed by atoms with Crippen molar-refractivity contribution in [3.05, 3.63) is 105 Å². The predicted octanol–water partition coefficient (Wildman–Crippen LogP) is 6.10. The quantitative estimate of drug-likeness (QED) is 0.190. The lowest BCUT2D eigenvalue weighted by Gasteiger charge is -2.14.